The predicted octanol–water partition coefficient (Wildman–Crippen LogP) is 4.86. The number of phenolic OH excluding ortho intramolecular Hbond substituents is 1. The van der Waals surface area contributed by atoms with Crippen molar-refractivity contribution >= 4 is 27.2 Å². The molecule has 0 bridgehead atoms. The number of thiophene rings is 1. The third kappa shape index (κ3) is 2.69. The molecule has 3 rings (SSSR count). The molecule has 0 radical (unpaired) electrons. The first-order valence-corrected chi connectivity index (χ1v) is 7.11. The van der Waals surface area contributed by atoms with Gasteiger partial charge < -0.3 is 5.11 Å². The van der Waals surface area contributed by atoms with E-state index in [4.69, 9.17) is 0 Å². The summed E-state index contributed by atoms with van der Waals surface area (Å²) in [6.07, 6.45) is -4.42. The Morgan fingerprint density at radius 2 is 1.68 bits per heavy atom. The minimum Gasteiger partial charge on any atom is -0.508 e. The molecule has 6 heteroatoms. The molecule has 22 heavy (non-hydrogen) atoms. The van der Waals surface area contributed by atoms with Gasteiger partial charge in [-0.15, -0.1) is 11.3 Å². The van der Waals surface area contributed by atoms with Crippen LogP contribution >= 0.6 is 11.3 Å². The molecule has 112 valence electrons. The van der Waals surface area contributed by atoms with E-state index in [9.17, 15) is 23.1 Å². The molecule has 1 N–H and O–H groups in total. The topological polar surface area (TPSA) is 37.3 Å². The van der Waals surface area contributed by atoms with Gasteiger partial charge in [-0.1, -0.05) is 12.1 Å². The van der Waals surface area contributed by atoms with Crippen LogP contribution in [0.4, 0.5) is 13.2 Å². The van der Waals surface area contributed by atoms with Gasteiger partial charge in [0.25, 0.3) is 0 Å². The van der Waals surface area contributed by atoms with Crippen LogP contribution in [0, 0.1) is 0 Å². The lowest BCUT2D eigenvalue weighted by Gasteiger charge is -2.06. The lowest BCUT2D eigenvalue weighted by Crippen LogP contribution is -2.06. The van der Waals surface area contributed by atoms with Crippen molar-refractivity contribution in [2.75, 3.05) is 0 Å². The average Bonchev–Trinajstić information content (AvgIpc) is 2.88. The van der Waals surface area contributed by atoms with Gasteiger partial charge in [0.15, 0.2) is 0 Å². The van der Waals surface area contributed by atoms with Crippen LogP contribution in [0.1, 0.15) is 20.8 Å². The maximum Gasteiger partial charge on any atom is 0.416 e. The summed E-state index contributed by atoms with van der Waals surface area (Å²) in [5.74, 6) is -0.239. The van der Waals surface area contributed by atoms with Crippen molar-refractivity contribution in [2.24, 2.45) is 0 Å². The van der Waals surface area contributed by atoms with E-state index < -0.39 is 11.7 Å². The Morgan fingerprint density at radius 3 is 2.32 bits per heavy atom. The molecule has 0 fully saturated rings. The lowest BCUT2D eigenvalue weighted by atomic mass is 10.1. The van der Waals surface area contributed by atoms with Crippen molar-refractivity contribution in [2.45, 2.75) is 6.18 Å². The summed E-state index contributed by atoms with van der Waals surface area (Å²) in [5, 5.41) is 10.2. The van der Waals surface area contributed by atoms with E-state index in [2.05, 4.69) is 0 Å². The van der Waals surface area contributed by atoms with E-state index >= 15 is 0 Å². The largest absolute Gasteiger partial charge is 0.508 e. The number of carbonyl (C=O) groups excluding carboxylic acids is 1. The van der Waals surface area contributed by atoms with Crippen LogP contribution in [0.2, 0.25) is 0 Å². The highest BCUT2D eigenvalue weighted by Gasteiger charge is 2.30. The first kappa shape index (κ1) is 14.6. The van der Waals surface area contributed by atoms with Gasteiger partial charge in [-0.05, 0) is 41.8 Å². The van der Waals surface area contributed by atoms with Gasteiger partial charge in [0.2, 0.25) is 5.78 Å². The zero-order valence-electron chi connectivity index (χ0n) is 11.0. The summed E-state index contributed by atoms with van der Waals surface area (Å²) < 4.78 is 38.3. The molecule has 2 nitrogen and oxygen atoms in total. The van der Waals surface area contributed by atoms with Gasteiger partial charge in [0.05, 0.1) is 10.4 Å². The summed E-state index contributed by atoms with van der Waals surface area (Å²) in [6.45, 7) is 0. The Bertz CT molecular complexity index is 848. The molecule has 1 heterocycles. The summed E-state index contributed by atoms with van der Waals surface area (Å²) in [5.41, 5.74) is -0.589. The van der Waals surface area contributed by atoms with E-state index in [1.165, 1.54) is 29.5 Å². The maximum absolute atomic E-state index is 12.5. The first-order valence-electron chi connectivity index (χ1n) is 6.29. The number of carbonyl (C=O) groups is 1. The Balaban J connectivity index is 1.95. The molecule has 0 saturated carbocycles. The highest BCUT2D eigenvalue weighted by atomic mass is 32.1. The van der Waals surface area contributed by atoms with E-state index in [0.29, 0.717) is 4.88 Å². The number of aromatic hydroxyl groups is 1. The van der Waals surface area contributed by atoms with Gasteiger partial charge >= 0.3 is 6.18 Å². The molecular weight excluding hydrogens is 313 g/mol. The monoisotopic (exact) mass is 322 g/mol. The predicted molar refractivity (Wildman–Crippen MR) is 78.4 cm³/mol. The highest BCUT2D eigenvalue weighted by molar-refractivity contribution is 7.21. The SMILES string of the molecule is O=C(c1ccc(C(F)(F)F)cc1)c1cc2ccc(O)cc2s1. The van der Waals surface area contributed by atoms with Crippen LogP contribution in [0.25, 0.3) is 10.1 Å². The van der Waals surface area contributed by atoms with Crippen molar-refractivity contribution in [3.63, 3.8) is 0 Å². The smallest absolute Gasteiger partial charge is 0.416 e. The maximum atomic E-state index is 12.5. The number of fused-ring (bicyclic) bond motifs is 1. The number of rotatable bonds is 2. The van der Waals surface area contributed by atoms with E-state index in [1.807, 2.05) is 0 Å². The Hall–Kier alpha value is -2.34. The van der Waals surface area contributed by atoms with Crippen LogP contribution in [0.15, 0.2) is 48.5 Å². The third-order valence-corrected chi connectivity index (χ3v) is 4.30. The number of halogens is 3. The summed E-state index contributed by atoms with van der Waals surface area (Å²) >= 11 is 1.19. The molecule has 3 aromatic rings. The molecule has 1 aromatic heterocycles. The number of hydrogen-bond donors (Lipinski definition) is 1. The van der Waals surface area contributed by atoms with Crippen LogP contribution in [-0.2, 0) is 6.18 Å². The molecule has 0 aliphatic rings. The fourth-order valence-corrected chi connectivity index (χ4v) is 3.14. The third-order valence-electron chi connectivity index (χ3n) is 3.20. The van der Waals surface area contributed by atoms with Gasteiger partial charge in [0.1, 0.15) is 5.75 Å². The standard InChI is InChI=1S/C16H9F3O2S/c17-16(18,19)11-4-1-9(2-5-11)15(21)14-7-10-3-6-12(20)8-13(10)22-14/h1-8,20H. The minimum absolute atomic E-state index is 0.0999. The van der Waals surface area contributed by atoms with Crippen LogP contribution in [0.5, 0.6) is 5.75 Å². The lowest BCUT2D eigenvalue weighted by molar-refractivity contribution is -0.137. The van der Waals surface area contributed by atoms with Gasteiger partial charge in [-0.25, -0.2) is 0 Å². The summed E-state index contributed by atoms with van der Waals surface area (Å²) in [4.78, 5) is 12.7. The van der Waals surface area contributed by atoms with E-state index in [1.54, 1.807) is 18.2 Å². The number of ketones is 1. The van der Waals surface area contributed by atoms with Crippen molar-refractivity contribution in [3.8, 4) is 5.75 Å². The van der Waals surface area contributed by atoms with E-state index in [0.717, 1.165) is 22.2 Å². The van der Waals surface area contributed by atoms with Crippen molar-refractivity contribution < 1.29 is 23.1 Å². The Kier molecular flexibility index (Phi) is 3.41. The number of phenols is 1. The summed E-state index contributed by atoms with van der Waals surface area (Å²) in [6, 6.07) is 10.5. The first-order chi connectivity index (χ1) is 10.3. The van der Waals surface area contributed by atoms with Gasteiger partial charge in [-0.3, -0.25) is 4.79 Å². The minimum atomic E-state index is -4.42. The average molecular weight is 322 g/mol. The van der Waals surface area contributed by atoms with Crippen LogP contribution in [-0.4, -0.2) is 10.9 Å². The molecule has 0 aliphatic heterocycles. The quantitative estimate of drug-likeness (QED) is 0.684. The van der Waals surface area contributed by atoms with Gasteiger partial charge in [-0.2, -0.15) is 13.2 Å². The Labute approximate surface area is 127 Å². The zero-order valence-corrected chi connectivity index (χ0v) is 11.8. The van der Waals surface area contributed by atoms with Crippen LogP contribution in [0.3, 0.4) is 0 Å². The molecule has 0 spiro atoms. The molecule has 2 aromatic carbocycles. The van der Waals surface area contributed by atoms with Crippen LogP contribution < -0.4 is 0 Å². The molecular formula is C16H9F3O2S. The fraction of sp³-hybridized carbons (Fsp3) is 0.0625. The molecule has 0 atom stereocenters. The number of alkyl halides is 3. The van der Waals surface area contributed by atoms with Crippen molar-refractivity contribution in [3.05, 3.63) is 64.5 Å². The second kappa shape index (κ2) is 5.14. The second-order valence-corrected chi connectivity index (χ2v) is 5.82. The van der Waals surface area contributed by atoms with Gasteiger partial charge in [0, 0.05) is 10.3 Å². The highest BCUT2D eigenvalue weighted by Crippen LogP contribution is 2.32. The van der Waals surface area contributed by atoms with E-state index in [-0.39, 0.29) is 17.1 Å². The zero-order chi connectivity index (χ0) is 15.9. The molecule has 0 unspecified atom stereocenters. The summed E-state index contributed by atoms with van der Waals surface area (Å²) in [7, 11) is 0. The normalized spacial score (nSPS) is 11.8. The molecule has 0 amide bonds. The molecule has 0 aliphatic carbocycles. The number of hydrogen-bond acceptors (Lipinski definition) is 3. The fourth-order valence-electron chi connectivity index (χ4n) is 2.08. The second-order valence-electron chi connectivity index (χ2n) is 4.74. The Morgan fingerprint density at radius 1 is 1.00 bits per heavy atom. The van der Waals surface area contributed by atoms with Crippen molar-refractivity contribution in [1.82, 2.24) is 0 Å². The molecule has 0 saturated heterocycles. The number of benzene rings is 2. The van der Waals surface area contributed by atoms with Crippen molar-refractivity contribution in [1.29, 1.82) is 0 Å².